The van der Waals surface area contributed by atoms with Gasteiger partial charge in [-0.25, -0.2) is 9.59 Å². The van der Waals surface area contributed by atoms with E-state index >= 15 is 0 Å². The number of esters is 1. The van der Waals surface area contributed by atoms with Gasteiger partial charge in [0, 0.05) is 7.05 Å². The van der Waals surface area contributed by atoms with E-state index in [0.717, 1.165) is 10.8 Å². The van der Waals surface area contributed by atoms with E-state index in [9.17, 15) is 14.7 Å². The summed E-state index contributed by atoms with van der Waals surface area (Å²) in [6, 6.07) is 19.7. The number of carbonyl (C=O) groups is 2. The van der Waals surface area contributed by atoms with Gasteiger partial charge in [0.15, 0.2) is 0 Å². The summed E-state index contributed by atoms with van der Waals surface area (Å²) in [5.41, 5.74) is 0.480. The van der Waals surface area contributed by atoms with Gasteiger partial charge in [-0.1, -0.05) is 48.5 Å². The molecule has 0 aromatic heterocycles. The predicted octanol–water partition coefficient (Wildman–Crippen LogP) is 4.96. The van der Waals surface area contributed by atoms with Gasteiger partial charge >= 0.3 is 12.1 Å². The Morgan fingerprint density at radius 1 is 0.968 bits per heavy atom. The third-order valence-electron chi connectivity index (χ3n) is 4.64. The molecule has 1 N–H and O–H groups in total. The molecule has 3 aromatic carbocycles. The van der Waals surface area contributed by atoms with Crippen molar-refractivity contribution >= 4 is 22.8 Å². The number of carbonyl (C=O) groups excluding carboxylic acids is 2. The first kappa shape index (κ1) is 22.3. The van der Waals surface area contributed by atoms with Crippen LogP contribution in [0, 0.1) is 0 Å². The summed E-state index contributed by atoms with van der Waals surface area (Å²) in [4.78, 5) is 26.0. The van der Waals surface area contributed by atoms with Crippen LogP contribution in [0.4, 0.5) is 4.79 Å². The van der Waals surface area contributed by atoms with Crippen molar-refractivity contribution in [2.75, 3.05) is 13.6 Å². The lowest BCUT2D eigenvalue weighted by atomic mass is 10.0. The Bertz CT molecular complexity index is 1060. The van der Waals surface area contributed by atoms with E-state index in [1.165, 1.54) is 4.90 Å². The molecule has 0 heterocycles. The number of likely N-dealkylation sites (N-methyl/N-ethyl adjacent to an activating group) is 1. The van der Waals surface area contributed by atoms with Crippen molar-refractivity contribution < 1.29 is 24.2 Å². The molecule has 0 saturated heterocycles. The summed E-state index contributed by atoms with van der Waals surface area (Å²) in [5, 5.41) is 12.2. The average molecular weight is 421 g/mol. The zero-order valence-electron chi connectivity index (χ0n) is 18.2. The molecule has 0 spiro atoms. The van der Waals surface area contributed by atoms with Gasteiger partial charge in [-0.15, -0.1) is 0 Å². The lowest BCUT2D eigenvalue weighted by molar-refractivity contribution is 0.0205. The van der Waals surface area contributed by atoms with Crippen LogP contribution < -0.4 is 4.74 Å². The Morgan fingerprint density at radius 2 is 1.61 bits per heavy atom. The molecule has 0 fully saturated rings. The molecular weight excluding hydrogens is 394 g/mol. The second-order valence-corrected chi connectivity index (χ2v) is 8.36. The fraction of sp³-hybridized carbons (Fsp3) is 0.280. The van der Waals surface area contributed by atoms with Gasteiger partial charge in [-0.3, -0.25) is 0 Å². The third-order valence-corrected chi connectivity index (χ3v) is 4.64. The Kier molecular flexibility index (Phi) is 6.61. The molecule has 3 rings (SSSR count). The molecule has 0 bridgehead atoms. The predicted molar refractivity (Wildman–Crippen MR) is 119 cm³/mol. The number of rotatable bonds is 5. The summed E-state index contributed by atoms with van der Waals surface area (Å²) in [5.74, 6) is -0.0795. The van der Waals surface area contributed by atoms with Crippen LogP contribution in [-0.4, -0.2) is 41.3 Å². The number of hydrogen-bond donors (Lipinski definition) is 1. The van der Waals surface area contributed by atoms with Gasteiger partial charge in [-0.05, 0) is 55.3 Å². The summed E-state index contributed by atoms with van der Waals surface area (Å²) >= 11 is 0. The Balaban J connectivity index is 1.64. The van der Waals surface area contributed by atoms with Crippen LogP contribution in [0.3, 0.4) is 0 Å². The Morgan fingerprint density at radius 3 is 2.29 bits per heavy atom. The monoisotopic (exact) mass is 421 g/mol. The van der Waals surface area contributed by atoms with Gasteiger partial charge in [-0.2, -0.15) is 0 Å². The molecule has 0 radical (unpaired) electrons. The lowest BCUT2D eigenvalue weighted by Crippen LogP contribution is -2.36. The topological polar surface area (TPSA) is 76.1 Å². The first-order chi connectivity index (χ1) is 14.6. The van der Waals surface area contributed by atoms with Crippen molar-refractivity contribution in [3.63, 3.8) is 0 Å². The molecule has 6 heteroatoms. The van der Waals surface area contributed by atoms with Crippen molar-refractivity contribution in [3.05, 3.63) is 77.9 Å². The first-order valence-electron chi connectivity index (χ1n) is 10.1. The largest absolute Gasteiger partial charge is 0.444 e. The van der Waals surface area contributed by atoms with Crippen LogP contribution >= 0.6 is 0 Å². The summed E-state index contributed by atoms with van der Waals surface area (Å²) in [7, 11) is 1.57. The molecule has 1 amide bonds. The van der Waals surface area contributed by atoms with E-state index in [1.807, 2.05) is 36.4 Å². The van der Waals surface area contributed by atoms with Crippen molar-refractivity contribution in [1.82, 2.24) is 4.90 Å². The third kappa shape index (κ3) is 5.83. The second kappa shape index (κ2) is 9.18. The van der Waals surface area contributed by atoms with Gasteiger partial charge < -0.3 is 19.5 Å². The van der Waals surface area contributed by atoms with E-state index < -0.39 is 23.8 Å². The van der Waals surface area contributed by atoms with E-state index in [2.05, 4.69) is 0 Å². The molecule has 0 aliphatic carbocycles. The highest BCUT2D eigenvalue weighted by molar-refractivity contribution is 6.05. The maximum Gasteiger partial charge on any atom is 0.410 e. The summed E-state index contributed by atoms with van der Waals surface area (Å²) < 4.78 is 10.8. The smallest absolute Gasteiger partial charge is 0.410 e. The fourth-order valence-corrected chi connectivity index (χ4v) is 3.10. The molecule has 0 saturated carbocycles. The van der Waals surface area contributed by atoms with Crippen LogP contribution in [-0.2, 0) is 4.74 Å². The van der Waals surface area contributed by atoms with Crippen LogP contribution in [0.25, 0.3) is 10.8 Å². The van der Waals surface area contributed by atoms with E-state index in [-0.39, 0.29) is 6.54 Å². The highest BCUT2D eigenvalue weighted by atomic mass is 16.6. The molecule has 6 nitrogen and oxygen atoms in total. The van der Waals surface area contributed by atoms with Crippen LogP contribution in [0.2, 0.25) is 0 Å². The zero-order chi connectivity index (χ0) is 22.6. The van der Waals surface area contributed by atoms with Crippen LogP contribution in [0.1, 0.15) is 42.8 Å². The summed E-state index contributed by atoms with van der Waals surface area (Å²) in [6.45, 7) is 5.43. The standard InChI is InChI=1S/C25H27NO5/c1-25(2,3)31-24(29)26(4)16-22(27)18-12-14-19(15-13-18)30-23(28)21-11-7-9-17-8-5-6-10-20(17)21/h5-15,22,27H,16H2,1-4H3. The Hall–Kier alpha value is -3.38. The minimum Gasteiger partial charge on any atom is -0.444 e. The van der Waals surface area contributed by atoms with Gasteiger partial charge in [0.25, 0.3) is 0 Å². The molecule has 0 aliphatic rings. The SMILES string of the molecule is CN(CC(O)c1ccc(OC(=O)c2cccc3ccccc23)cc1)C(=O)OC(C)(C)C. The van der Waals surface area contributed by atoms with E-state index in [4.69, 9.17) is 9.47 Å². The minimum absolute atomic E-state index is 0.0735. The van der Waals surface area contributed by atoms with Gasteiger partial charge in [0.2, 0.25) is 0 Å². The second-order valence-electron chi connectivity index (χ2n) is 8.36. The number of ether oxygens (including phenoxy) is 2. The van der Waals surface area contributed by atoms with Crippen molar-refractivity contribution in [2.45, 2.75) is 32.5 Å². The molecule has 1 atom stereocenters. The number of nitrogens with zero attached hydrogens (tertiary/aromatic N) is 1. The number of benzene rings is 3. The quantitative estimate of drug-likeness (QED) is 0.465. The number of aliphatic hydroxyl groups is 1. The molecule has 31 heavy (non-hydrogen) atoms. The highest BCUT2D eigenvalue weighted by Crippen LogP contribution is 2.23. The maximum atomic E-state index is 12.7. The normalized spacial score (nSPS) is 12.3. The van der Waals surface area contributed by atoms with Crippen LogP contribution in [0.5, 0.6) is 5.75 Å². The minimum atomic E-state index is -0.902. The average Bonchev–Trinajstić information content (AvgIpc) is 2.72. The number of hydrogen-bond acceptors (Lipinski definition) is 5. The molecule has 1 unspecified atom stereocenters. The van der Waals surface area contributed by atoms with Crippen molar-refractivity contribution in [1.29, 1.82) is 0 Å². The maximum absolute atomic E-state index is 12.7. The Labute approximate surface area is 182 Å². The van der Waals surface area contributed by atoms with Gasteiger partial charge in [0.05, 0.1) is 18.2 Å². The summed E-state index contributed by atoms with van der Waals surface area (Å²) in [6.07, 6.45) is -1.41. The molecule has 0 aliphatic heterocycles. The first-order valence-corrected chi connectivity index (χ1v) is 10.1. The fourth-order valence-electron chi connectivity index (χ4n) is 3.10. The van der Waals surface area contributed by atoms with E-state index in [0.29, 0.717) is 16.9 Å². The lowest BCUT2D eigenvalue weighted by Gasteiger charge is -2.26. The zero-order valence-corrected chi connectivity index (χ0v) is 18.2. The highest BCUT2D eigenvalue weighted by Gasteiger charge is 2.22. The van der Waals surface area contributed by atoms with E-state index in [1.54, 1.807) is 58.2 Å². The van der Waals surface area contributed by atoms with Gasteiger partial charge in [0.1, 0.15) is 11.4 Å². The number of fused-ring (bicyclic) bond motifs is 1. The molecular formula is C25H27NO5. The molecule has 162 valence electrons. The van der Waals surface area contributed by atoms with Crippen LogP contribution in [0.15, 0.2) is 66.7 Å². The molecule has 3 aromatic rings. The van der Waals surface area contributed by atoms with Crippen molar-refractivity contribution in [2.24, 2.45) is 0 Å². The van der Waals surface area contributed by atoms with Crippen molar-refractivity contribution in [3.8, 4) is 5.75 Å². The number of aliphatic hydroxyl groups excluding tert-OH is 1. The number of amides is 1.